The highest BCUT2D eigenvalue weighted by Gasteiger charge is 2.21. The van der Waals surface area contributed by atoms with Crippen LogP contribution in [-0.2, 0) is 6.54 Å². The third-order valence-electron chi connectivity index (χ3n) is 4.15. The van der Waals surface area contributed by atoms with Crippen LogP contribution in [0.25, 0.3) is 11.4 Å². The number of halogens is 1. The van der Waals surface area contributed by atoms with Gasteiger partial charge in [-0.1, -0.05) is 36.7 Å². The van der Waals surface area contributed by atoms with Gasteiger partial charge in [-0.15, -0.1) is 5.10 Å². The average molecular weight is 361 g/mol. The van der Waals surface area contributed by atoms with Crippen molar-refractivity contribution >= 4 is 11.6 Å². The van der Waals surface area contributed by atoms with Gasteiger partial charge in [0, 0.05) is 6.20 Å². The smallest absolute Gasteiger partial charge is 0.172 e. The van der Waals surface area contributed by atoms with Gasteiger partial charge in [-0.2, -0.15) is 5.10 Å². The topological polar surface area (TPSA) is 70.7 Å². The molecule has 0 N–H and O–H groups in total. The predicted molar refractivity (Wildman–Crippen MR) is 95.8 cm³/mol. The maximum Gasteiger partial charge on any atom is 0.172 e. The summed E-state index contributed by atoms with van der Waals surface area (Å²) in [4.78, 5) is 4.75. The third-order valence-corrected chi connectivity index (χ3v) is 4.45. The van der Waals surface area contributed by atoms with Crippen LogP contribution >= 0.6 is 11.6 Å². The highest BCUT2D eigenvalue weighted by molar-refractivity contribution is 6.32. The van der Waals surface area contributed by atoms with E-state index in [0.29, 0.717) is 23.1 Å². The van der Waals surface area contributed by atoms with Crippen molar-refractivity contribution in [2.24, 2.45) is 0 Å². The number of ether oxygens (including phenoxy) is 1. The SMILES string of the molecule is CCC(CC)n1nc(Cn2ccnn2)nc1-c1cccc(Cl)c1OC. The number of methoxy groups -OCH3 is 1. The fourth-order valence-corrected chi connectivity index (χ4v) is 3.11. The minimum Gasteiger partial charge on any atom is -0.494 e. The van der Waals surface area contributed by atoms with Gasteiger partial charge in [-0.05, 0) is 25.0 Å². The summed E-state index contributed by atoms with van der Waals surface area (Å²) in [5.41, 5.74) is 0.833. The van der Waals surface area contributed by atoms with Crippen molar-refractivity contribution in [2.45, 2.75) is 39.3 Å². The molecule has 2 heterocycles. The first-order chi connectivity index (χ1) is 12.2. The molecule has 0 bridgehead atoms. The molecule has 0 fully saturated rings. The first kappa shape index (κ1) is 17.4. The fraction of sp³-hybridized carbons (Fsp3) is 0.412. The van der Waals surface area contributed by atoms with Crippen LogP contribution in [0.5, 0.6) is 5.75 Å². The zero-order chi connectivity index (χ0) is 17.8. The van der Waals surface area contributed by atoms with Gasteiger partial charge in [-0.3, -0.25) is 0 Å². The van der Waals surface area contributed by atoms with E-state index in [-0.39, 0.29) is 6.04 Å². The molecule has 0 spiro atoms. The Bertz CT molecular complexity index is 826. The molecular formula is C17H21ClN6O. The Morgan fingerprint density at radius 2 is 2.04 bits per heavy atom. The van der Waals surface area contributed by atoms with Gasteiger partial charge in [0.05, 0.1) is 29.9 Å². The summed E-state index contributed by atoms with van der Waals surface area (Å²) in [6, 6.07) is 5.89. The zero-order valence-electron chi connectivity index (χ0n) is 14.6. The minimum atomic E-state index is 0.246. The molecule has 8 heteroatoms. The molecule has 0 aliphatic rings. The number of hydrogen-bond donors (Lipinski definition) is 0. The van der Waals surface area contributed by atoms with Crippen molar-refractivity contribution in [2.75, 3.05) is 7.11 Å². The van der Waals surface area contributed by atoms with E-state index in [2.05, 4.69) is 24.2 Å². The Labute approximate surface area is 151 Å². The molecule has 0 aliphatic carbocycles. The van der Waals surface area contributed by atoms with Gasteiger partial charge in [-0.25, -0.2) is 14.3 Å². The molecule has 132 valence electrons. The van der Waals surface area contributed by atoms with Crippen molar-refractivity contribution in [1.82, 2.24) is 29.8 Å². The Balaban J connectivity index is 2.10. The maximum atomic E-state index is 6.30. The Kier molecular flexibility index (Phi) is 5.33. The summed E-state index contributed by atoms with van der Waals surface area (Å²) in [6.07, 6.45) is 5.34. The Hall–Kier alpha value is -2.41. The second kappa shape index (κ2) is 7.65. The van der Waals surface area contributed by atoms with Crippen LogP contribution in [0.4, 0.5) is 0 Å². The number of aromatic nitrogens is 6. The maximum absolute atomic E-state index is 6.30. The van der Waals surface area contributed by atoms with Crippen LogP contribution in [0.15, 0.2) is 30.6 Å². The van der Waals surface area contributed by atoms with Gasteiger partial charge in [0.2, 0.25) is 0 Å². The van der Waals surface area contributed by atoms with Gasteiger partial charge >= 0.3 is 0 Å². The van der Waals surface area contributed by atoms with E-state index in [0.717, 1.165) is 24.2 Å². The molecule has 25 heavy (non-hydrogen) atoms. The minimum absolute atomic E-state index is 0.246. The predicted octanol–water partition coefficient (Wildman–Crippen LogP) is 3.61. The van der Waals surface area contributed by atoms with Crippen LogP contribution in [0.3, 0.4) is 0 Å². The molecule has 0 aliphatic heterocycles. The number of hydrogen-bond acceptors (Lipinski definition) is 5. The van der Waals surface area contributed by atoms with Gasteiger partial charge < -0.3 is 4.74 Å². The first-order valence-electron chi connectivity index (χ1n) is 8.30. The summed E-state index contributed by atoms with van der Waals surface area (Å²) in [5, 5.41) is 13.1. The fourth-order valence-electron chi connectivity index (χ4n) is 2.86. The van der Waals surface area contributed by atoms with Gasteiger partial charge in [0.1, 0.15) is 12.3 Å². The molecule has 7 nitrogen and oxygen atoms in total. The van der Waals surface area contributed by atoms with Crippen molar-refractivity contribution < 1.29 is 4.74 Å². The van der Waals surface area contributed by atoms with Crippen LogP contribution in [0.2, 0.25) is 5.02 Å². The molecule has 1 aromatic carbocycles. The first-order valence-corrected chi connectivity index (χ1v) is 8.68. The van der Waals surface area contributed by atoms with E-state index in [4.69, 9.17) is 26.4 Å². The second-order valence-electron chi connectivity index (χ2n) is 5.69. The molecule has 3 aromatic rings. The van der Waals surface area contributed by atoms with Crippen molar-refractivity contribution in [3.8, 4) is 17.1 Å². The molecule has 3 rings (SSSR count). The summed E-state index contributed by atoms with van der Waals surface area (Å²) in [7, 11) is 1.61. The monoisotopic (exact) mass is 360 g/mol. The molecule has 0 unspecified atom stereocenters. The average Bonchev–Trinajstić information content (AvgIpc) is 3.26. The van der Waals surface area contributed by atoms with Crippen LogP contribution in [0.1, 0.15) is 38.6 Å². The van der Waals surface area contributed by atoms with E-state index in [1.807, 2.05) is 16.8 Å². The lowest BCUT2D eigenvalue weighted by Crippen LogP contribution is -2.11. The molecular weight excluding hydrogens is 340 g/mol. The summed E-state index contributed by atoms with van der Waals surface area (Å²) in [6.45, 7) is 4.75. The van der Waals surface area contributed by atoms with E-state index >= 15 is 0 Å². The van der Waals surface area contributed by atoms with Crippen LogP contribution < -0.4 is 4.74 Å². The van der Waals surface area contributed by atoms with E-state index < -0.39 is 0 Å². The van der Waals surface area contributed by atoms with E-state index in [9.17, 15) is 0 Å². The molecule has 2 aromatic heterocycles. The Morgan fingerprint density at radius 3 is 2.68 bits per heavy atom. The molecule has 0 atom stereocenters. The lowest BCUT2D eigenvalue weighted by molar-refractivity contribution is 0.410. The lowest BCUT2D eigenvalue weighted by atomic mass is 10.1. The largest absolute Gasteiger partial charge is 0.494 e. The van der Waals surface area contributed by atoms with E-state index in [1.54, 1.807) is 30.3 Å². The summed E-state index contributed by atoms with van der Waals surface area (Å²) >= 11 is 6.30. The van der Waals surface area contributed by atoms with Gasteiger partial charge in [0.25, 0.3) is 0 Å². The quantitative estimate of drug-likeness (QED) is 0.643. The number of para-hydroxylation sites is 1. The highest BCUT2D eigenvalue weighted by atomic mass is 35.5. The molecule has 0 amide bonds. The Morgan fingerprint density at radius 1 is 1.24 bits per heavy atom. The standard InChI is InChI=1S/C17H21ClN6O/c1-4-12(5-2)24-17(13-7-6-8-14(18)16(13)25-3)20-15(21-24)11-23-10-9-19-22-23/h6-10,12H,4-5,11H2,1-3H3. The molecule has 0 radical (unpaired) electrons. The summed E-state index contributed by atoms with van der Waals surface area (Å²) in [5.74, 6) is 2.04. The normalized spacial score (nSPS) is 11.2. The lowest BCUT2D eigenvalue weighted by Gasteiger charge is -2.17. The number of benzene rings is 1. The highest BCUT2D eigenvalue weighted by Crippen LogP contribution is 2.36. The van der Waals surface area contributed by atoms with Crippen molar-refractivity contribution in [3.63, 3.8) is 0 Å². The molecule has 0 saturated heterocycles. The van der Waals surface area contributed by atoms with E-state index in [1.165, 1.54) is 0 Å². The van der Waals surface area contributed by atoms with Crippen LogP contribution in [-0.4, -0.2) is 36.9 Å². The zero-order valence-corrected chi connectivity index (χ0v) is 15.3. The van der Waals surface area contributed by atoms with Crippen molar-refractivity contribution in [1.29, 1.82) is 0 Å². The third kappa shape index (κ3) is 3.51. The summed E-state index contributed by atoms with van der Waals surface area (Å²) < 4.78 is 9.18. The second-order valence-corrected chi connectivity index (χ2v) is 6.10. The van der Waals surface area contributed by atoms with Crippen LogP contribution in [0, 0.1) is 0 Å². The van der Waals surface area contributed by atoms with Crippen molar-refractivity contribution in [3.05, 3.63) is 41.4 Å². The number of rotatable bonds is 7. The molecule has 0 saturated carbocycles. The van der Waals surface area contributed by atoms with Gasteiger partial charge in [0.15, 0.2) is 11.6 Å². The number of nitrogens with zero attached hydrogens (tertiary/aromatic N) is 6.